The highest BCUT2D eigenvalue weighted by Crippen LogP contribution is 2.35. The first-order valence-electron chi connectivity index (χ1n) is 7.13. The molecule has 0 heterocycles. The monoisotopic (exact) mass is 309 g/mol. The fourth-order valence-electron chi connectivity index (χ4n) is 1.98. The highest BCUT2D eigenvalue weighted by molar-refractivity contribution is 7.98. The Labute approximate surface area is 132 Å². The number of amides is 1. The topological polar surface area (TPSA) is 38.3 Å². The van der Waals surface area contributed by atoms with Crippen LogP contribution in [0.2, 0.25) is 0 Å². The predicted octanol–water partition coefficient (Wildman–Crippen LogP) is 5.36. The van der Waals surface area contributed by atoms with E-state index >= 15 is 0 Å². The molecule has 0 unspecified atom stereocenters. The van der Waals surface area contributed by atoms with Gasteiger partial charge in [0.25, 0.3) is 0 Å². The Balaban J connectivity index is 3.12. The molecular weight excluding hydrogens is 282 g/mol. The third kappa shape index (κ3) is 5.27. The molecule has 0 atom stereocenters. The first kappa shape index (κ1) is 17.9. The fraction of sp³-hybridized carbons (Fsp3) is 0.588. The summed E-state index contributed by atoms with van der Waals surface area (Å²) in [7, 11) is 0. The van der Waals surface area contributed by atoms with Crippen molar-refractivity contribution in [3.8, 4) is 0 Å². The summed E-state index contributed by atoms with van der Waals surface area (Å²) in [4.78, 5) is 13.2. The molecule has 1 aromatic rings. The Hall–Kier alpha value is -1.16. The molecule has 0 saturated heterocycles. The molecule has 21 heavy (non-hydrogen) atoms. The average Bonchev–Trinajstić information content (AvgIpc) is 2.27. The van der Waals surface area contributed by atoms with E-state index in [4.69, 9.17) is 4.74 Å². The van der Waals surface area contributed by atoms with E-state index < -0.39 is 11.7 Å². The molecule has 0 spiro atoms. The number of benzene rings is 1. The van der Waals surface area contributed by atoms with Gasteiger partial charge in [0.2, 0.25) is 0 Å². The lowest BCUT2D eigenvalue weighted by Gasteiger charge is -2.25. The van der Waals surface area contributed by atoms with E-state index in [1.807, 2.05) is 27.7 Å². The molecule has 0 fully saturated rings. The quantitative estimate of drug-likeness (QED) is 0.747. The van der Waals surface area contributed by atoms with Crippen LogP contribution in [0.1, 0.15) is 52.7 Å². The van der Waals surface area contributed by atoms with Crippen LogP contribution in [0.5, 0.6) is 0 Å². The van der Waals surface area contributed by atoms with Crippen LogP contribution in [0.15, 0.2) is 17.0 Å². The van der Waals surface area contributed by atoms with Crippen LogP contribution in [0.4, 0.5) is 10.5 Å². The minimum absolute atomic E-state index is 0.0242. The molecule has 0 aliphatic heterocycles. The molecule has 0 bridgehead atoms. The lowest BCUT2D eigenvalue weighted by Crippen LogP contribution is -2.27. The second kappa shape index (κ2) is 6.30. The summed E-state index contributed by atoms with van der Waals surface area (Å²) in [5.41, 5.74) is 2.61. The van der Waals surface area contributed by atoms with E-state index in [-0.39, 0.29) is 5.41 Å². The first-order valence-corrected chi connectivity index (χ1v) is 8.35. The number of carbonyl (C=O) groups is 1. The van der Waals surface area contributed by atoms with Crippen molar-refractivity contribution in [2.45, 2.75) is 64.4 Å². The van der Waals surface area contributed by atoms with Crippen molar-refractivity contribution in [1.29, 1.82) is 0 Å². The third-order valence-electron chi connectivity index (χ3n) is 2.99. The Bertz CT molecular complexity index is 525. The maximum Gasteiger partial charge on any atom is 0.412 e. The van der Waals surface area contributed by atoms with Crippen LogP contribution in [-0.2, 0) is 10.2 Å². The van der Waals surface area contributed by atoms with Crippen LogP contribution in [-0.4, -0.2) is 18.0 Å². The standard InChI is InChI=1S/C17H27NO2S/c1-11-9-14(21-8)12(16(2,3)4)10-13(11)18-15(19)20-17(5,6)7/h9-10H,1-8H3,(H,18,19). The molecule has 1 aromatic carbocycles. The highest BCUT2D eigenvalue weighted by Gasteiger charge is 2.21. The zero-order chi connectivity index (χ0) is 16.4. The minimum atomic E-state index is -0.496. The zero-order valence-corrected chi connectivity index (χ0v) is 15.2. The van der Waals surface area contributed by atoms with Crippen molar-refractivity contribution in [2.24, 2.45) is 0 Å². The smallest absolute Gasteiger partial charge is 0.412 e. The maximum atomic E-state index is 12.0. The number of rotatable bonds is 2. The van der Waals surface area contributed by atoms with Gasteiger partial charge in [0.05, 0.1) is 0 Å². The van der Waals surface area contributed by atoms with Gasteiger partial charge in [-0.25, -0.2) is 4.79 Å². The molecule has 1 N–H and O–H groups in total. The molecule has 1 amide bonds. The number of nitrogens with one attached hydrogen (secondary N) is 1. The van der Waals surface area contributed by atoms with Crippen LogP contribution >= 0.6 is 11.8 Å². The molecule has 1 rings (SSSR count). The first-order chi connectivity index (χ1) is 9.44. The van der Waals surface area contributed by atoms with Gasteiger partial charge in [-0.05, 0) is 62.6 Å². The lowest BCUT2D eigenvalue weighted by molar-refractivity contribution is 0.0636. The van der Waals surface area contributed by atoms with E-state index in [2.05, 4.69) is 44.5 Å². The summed E-state index contributed by atoms with van der Waals surface area (Å²) in [6.45, 7) is 14.1. The molecule has 0 aromatic heterocycles. The van der Waals surface area contributed by atoms with Gasteiger partial charge in [0, 0.05) is 10.6 Å². The number of aryl methyl sites for hydroxylation is 1. The molecule has 0 aliphatic carbocycles. The van der Waals surface area contributed by atoms with Crippen LogP contribution in [0.3, 0.4) is 0 Å². The van der Waals surface area contributed by atoms with Gasteiger partial charge in [-0.3, -0.25) is 5.32 Å². The van der Waals surface area contributed by atoms with E-state index in [9.17, 15) is 4.79 Å². The maximum absolute atomic E-state index is 12.0. The molecule has 0 saturated carbocycles. The van der Waals surface area contributed by atoms with Crippen molar-refractivity contribution in [3.63, 3.8) is 0 Å². The van der Waals surface area contributed by atoms with Crippen molar-refractivity contribution in [3.05, 3.63) is 23.3 Å². The fourth-order valence-corrected chi connectivity index (χ4v) is 2.86. The Morgan fingerprint density at radius 2 is 1.71 bits per heavy atom. The largest absolute Gasteiger partial charge is 0.444 e. The highest BCUT2D eigenvalue weighted by atomic mass is 32.2. The van der Waals surface area contributed by atoms with Gasteiger partial charge < -0.3 is 4.74 Å². The minimum Gasteiger partial charge on any atom is -0.444 e. The van der Waals surface area contributed by atoms with E-state index in [1.54, 1.807) is 11.8 Å². The van der Waals surface area contributed by atoms with Gasteiger partial charge in [0.15, 0.2) is 0 Å². The van der Waals surface area contributed by atoms with Crippen molar-refractivity contribution in [1.82, 2.24) is 0 Å². The molecule has 0 aliphatic rings. The number of hydrogen-bond acceptors (Lipinski definition) is 3. The Morgan fingerprint density at radius 3 is 2.14 bits per heavy atom. The molecule has 0 radical (unpaired) electrons. The van der Waals surface area contributed by atoms with Gasteiger partial charge in [-0.1, -0.05) is 20.8 Å². The third-order valence-corrected chi connectivity index (χ3v) is 3.77. The normalized spacial score (nSPS) is 12.2. The van der Waals surface area contributed by atoms with Gasteiger partial charge in [0.1, 0.15) is 5.60 Å². The zero-order valence-electron chi connectivity index (χ0n) is 14.4. The summed E-state index contributed by atoms with van der Waals surface area (Å²) < 4.78 is 5.32. The second-order valence-electron chi connectivity index (χ2n) is 7.24. The van der Waals surface area contributed by atoms with Crippen LogP contribution in [0.25, 0.3) is 0 Å². The average molecular weight is 309 g/mol. The summed E-state index contributed by atoms with van der Waals surface area (Å²) >= 11 is 1.73. The van der Waals surface area contributed by atoms with Crippen molar-refractivity contribution >= 4 is 23.5 Å². The summed E-state index contributed by atoms with van der Waals surface area (Å²) in [6.07, 6.45) is 1.66. The van der Waals surface area contributed by atoms with Crippen LogP contribution < -0.4 is 5.32 Å². The number of ether oxygens (including phenoxy) is 1. The Kier molecular flexibility index (Phi) is 5.37. The SMILES string of the molecule is CSc1cc(C)c(NC(=O)OC(C)(C)C)cc1C(C)(C)C. The number of thioether (sulfide) groups is 1. The number of hydrogen-bond donors (Lipinski definition) is 1. The van der Waals surface area contributed by atoms with E-state index in [0.717, 1.165) is 11.3 Å². The predicted molar refractivity (Wildman–Crippen MR) is 91.5 cm³/mol. The van der Waals surface area contributed by atoms with Crippen LogP contribution in [0, 0.1) is 6.92 Å². The number of carbonyl (C=O) groups excluding carboxylic acids is 1. The van der Waals surface area contributed by atoms with E-state index in [0.29, 0.717) is 0 Å². The van der Waals surface area contributed by atoms with Crippen molar-refractivity contribution in [2.75, 3.05) is 11.6 Å². The van der Waals surface area contributed by atoms with Gasteiger partial charge in [-0.15, -0.1) is 11.8 Å². The van der Waals surface area contributed by atoms with Gasteiger partial charge >= 0.3 is 6.09 Å². The lowest BCUT2D eigenvalue weighted by atomic mass is 9.86. The van der Waals surface area contributed by atoms with E-state index in [1.165, 1.54) is 10.5 Å². The summed E-state index contributed by atoms with van der Waals surface area (Å²) in [5.74, 6) is 0. The summed E-state index contributed by atoms with van der Waals surface area (Å²) in [5, 5.41) is 2.86. The second-order valence-corrected chi connectivity index (χ2v) is 8.09. The molecule has 118 valence electrons. The Morgan fingerprint density at radius 1 is 1.14 bits per heavy atom. The molecular formula is C17H27NO2S. The molecule has 3 nitrogen and oxygen atoms in total. The summed E-state index contributed by atoms with van der Waals surface area (Å²) in [6, 6.07) is 4.18. The molecule has 4 heteroatoms. The van der Waals surface area contributed by atoms with Crippen molar-refractivity contribution < 1.29 is 9.53 Å². The van der Waals surface area contributed by atoms with Gasteiger partial charge in [-0.2, -0.15) is 0 Å². The number of anilines is 1.